The zero-order valence-corrected chi connectivity index (χ0v) is 11.7. The van der Waals surface area contributed by atoms with Gasteiger partial charge in [0.15, 0.2) is 0 Å². The molecule has 0 radical (unpaired) electrons. The first-order chi connectivity index (χ1) is 8.19. The van der Waals surface area contributed by atoms with Crippen molar-refractivity contribution in [1.29, 1.82) is 0 Å². The third-order valence-electron chi connectivity index (χ3n) is 2.35. The number of rotatable bonds is 2. The molecule has 4 heteroatoms. The second kappa shape index (κ2) is 5.29. The van der Waals surface area contributed by atoms with Gasteiger partial charge >= 0.3 is 6.09 Å². The van der Waals surface area contributed by atoms with E-state index in [0.29, 0.717) is 17.3 Å². The van der Waals surface area contributed by atoms with Gasteiger partial charge in [0.1, 0.15) is 5.60 Å². The van der Waals surface area contributed by atoms with Gasteiger partial charge in [0.05, 0.1) is 0 Å². The van der Waals surface area contributed by atoms with Crippen LogP contribution in [-0.4, -0.2) is 11.7 Å². The summed E-state index contributed by atoms with van der Waals surface area (Å²) in [5, 5.41) is 2.66. The number of carbonyl (C=O) groups is 1. The van der Waals surface area contributed by atoms with Crippen molar-refractivity contribution in [2.24, 2.45) is 0 Å². The van der Waals surface area contributed by atoms with Gasteiger partial charge in [-0.15, -0.1) is 0 Å². The van der Waals surface area contributed by atoms with Crippen molar-refractivity contribution in [3.8, 4) is 0 Å². The van der Waals surface area contributed by atoms with E-state index in [1.807, 2.05) is 32.9 Å². The molecule has 0 heterocycles. The number of carbonyl (C=O) groups excluding carboxylic acids is 1. The summed E-state index contributed by atoms with van der Waals surface area (Å²) in [7, 11) is 0. The topological polar surface area (TPSA) is 64.3 Å². The third-order valence-corrected chi connectivity index (χ3v) is 2.35. The summed E-state index contributed by atoms with van der Waals surface area (Å²) < 4.78 is 5.17. The van der Waals surface area contributed by atoms with Crippen LogP contribution in [0.15, 0.2) is 18.2 Å². The molecule has 0 fully saturated rings. The van der Waals surface area contributed by atoms with E-state index in [-0.39, 0.29) is 0 Å². The fraction of sp³-hybridized carbons (Fsp3) is 0.500. The maximum atomic E-state index is 11.6. The van der Waals surface area contributed by atoms with Crippen LogP contribution >= 0.6 is 0 Å². The molecule has 0 aliphatic heterocycles. The van der Waals surface area contributed by atoms with Gasteiger partial charge in [0.25, 0.3) is 0 Å². The minimum atomic E-state index is -0.506. The van der Waals surface area contributed by atoms with Crippen molar-refractivity contribution in [1.82, 2.24) is 0 Å². The number of ether oxygens (including phenoxy) is 1. The van der Waals surface area contributed by atoms with Gasteiger partial charge in [0, 0.05) is 11.4 Å². The molecule has 0 atom stereocenters. The predicted molar refractivity (Wildman–Crippen MR) is 74.8 cm³/mol. The summed E-state index contributed by atoms with van der Waals surface area (Å²) in [5.74, 6) is 0.362. The monoisotopic (exact) mass is 250 g/mol. The first-order valence-electron chi connectivity index (χ1n) is 6.08. The van der Waals surface area contributed by atoms with Gasteiger partial charge < -0.3 is 10.5 Å². The summed E-state index contributed by atoms with van der Waals surface area (Å²) >= 11 is 0. The maximum Gasteiger partial charge on any atom is 0.412 e. The standard InChI is InChI=1S/C14H22N2O2/c1-9(2)11-7-6-10(8-12(11)15)16-13(17)18-14(3,4)5/h6-9H,15H2,1-5H3,(H,16,17). The Hall–Kier alpha value is -1.71. The van der Waals surface area contributed by atoms with Crippen LogP contribution in [-0.2, 0) is 4.74 Å². The molecule has 18 heavy (non-hydrogen) atoms. The molecule has 3 N–H and O–H groups in total. The lowest BCUT2D eigenvalue weighted by Crippen LogP contribution is -2.27. The molecule has 4 nitrogen and oxygen atoms in total. The molecular formula is C14H22N2O2. The molecule has 0 saturated carbocycles. The van der Waals surface area contributed by atoms with Crippen LogP contribution in [0, 0.1) is 0 Å². The van der Waals surface area contributed by atoms with Crippen molar-refractivity contribution in [3.05, 3.63) is 23.8 Å². The molecule has 0 aliphatic carbocycles. The summed E-state index contributed by atoms with van der Waals surface area (Å²) in [4.78, 5) is 11.6. The number of nitrogens with two attached hydrogens (primary N) is 1. The fourth-order valence-electron chi connectivity index (χ4n) is 1.60. The van der Waals surface area contributed by atoms with E-state index in [1.54, 1.807) is 6.07 Å². The largest absolute Gasteiger partial charge is 0.444 e. The zero-order chi connectivity index (χ0) is 13.9. The van der Waals surface area contributed by atoms with E-state index in [0.717, 1.165) is 5.56 Å². The zero-order valence-electron chi connectivity index (χ0n) is 11.7. The molecule has 0 bridgehead atoms. The van der Waals surface area contributed by atoms with E-state index in [9.17, 15) is 4.79 Å². The Bertz CT molecular complexity index is 434. The van der Waals surface area contributed by atoms with Crippen LogP contribution in [0.4, 0.5) is 16.2 Å². The number of nitrogens with one attached hydrogen (secondary N) is 1. The Labute approximate surface area is 109 Å². The fourth-order valence-corrected chi connectivity index (χ4v) is 1.60. The molecule has 1 amide bonds. The van der Waals surface area contributed by atoms with Crippen LogP contribution in [0.25, 0.3) is 0 Å². The van der Waals surface area contributed by atoms with E-state index in [4.69, 9.17) is 10.5 Å². The molecule has 1 aromatic rings. The number of amides is 1. The third kappa shape index (κ3) is 4.28. The van der Waals surface area contributed by atoms with Gasteiger partial charge in [-0.25, -0.2) is 4.79 Å². The van der Waals surface area contributed by atoms with Gasteiger partial charge in [0.2, 0.25) is 0 Å². The number of nitrogen functional groups attached to an aromatic ring is 1. The van der Waals surface area contributed by atoms with Crippen molar-refractivity contribution in [2.45, 2.75) is 46.1 Å². The molecule has 0 aromatic heterocycles. The van der Waals surface area contributed by atoms with Crippen molar-refractivity contribution >= 4 is 17.5 Å². The molecule has 1 aromatic carbocycles. The number of benzene rings is 1. The first-order valence-corrected chi connectivity index (χ1v) is 6.08. The highest BCUT2D eigenvalue weighted by molar-refractivity contribution is 5.85. The van der Waals surface area contributed by atoms with E-state index in [2.05, 4.69) is 19.2 Å². The van der Waals surface area contributed by atoms with Crippen LogP contribution in [0.3, 0.4) is 0 Å². The van der Waals surface area contributed by atoms with Crippen molar-refractivity contribution < 1.29 is 9.53 Å². The second-order valence-electron chi connectivity index (χ2n) is 5.63. The normalized spacial score (nSPS) is 11.4. The highest BCUT2D eigenvalue weighted by Crippen LogP contribution is 2.25. The van der Waals surface area contributed by atoms with Crippen molar-refractivity contribution in [3.63, 3.8) is 0 Å². The van der Waals surface area contributed by atoms with Crippen LogP contribution in [0.1, 0.15) is 46.1 Å². The Morgan fingerprint density at radius 2 is 1.94 bits per heavy atom. The molecular weight excluding hydrogens is 228 g/mol. The Morgan fingerprint density at radius 1 is 1.33 bits per heavy atom. The summed E-state index contributed by atoms with van der Waals surface area (Å²) in [5.41, 5.74) is 7.82. The maximum absolute atomic E-state index is 11.6. The van der Waals surface area contributed by atoms with E-state index in [1.165, 1.54) is 0 Å². The summed E-state index contributed by atoms with van der Waals surface area (Å²) in [6.07, 6.45) is -0.473. The molecule has 0 unspecified atom stereocenters. The molecule has 0 aliphatic rings. The number of anilines is 2. The Morgan fingerprint density at radius 3 is 2.39 bits per heavy atom. The molecule has 0 saturated heterocycles. The Balaban J connectivity index is 2.75. The van der Waals surface area contributed by atoms with Crippen molar-refractivity contribution in [2.75, 3.05) is 11.1 Å². The lowest BCUT2D eigenvalue weighted by Gasteiger charge is -2.20. The average molecular weight is 250 g/mol. The SMILES string of the molecule is CC(C)c1ccc(NC(=O)OC(C)(C)C)cc1N. The minimum absolute atomic E-state index is 0.362. The van der Waals surface area contributed by atoms with Gasteiger partial charge in [-0.2, -0.15) is 0 Å². The summed E-state index contributed by atoms with van der Waals surface area (Å²) in [6, 6.07) is 5.50. The van der Waals surface area contributed by atoms with E-state index >= 15 is 0 Å². The second-order valence-corrected chi connectivity index (χ2v) is 5.63. The molecule has 0 spiro atoms. The number of hydrogen-bond donors (Lipinski definition) is 2. The lowest BCUT2D eigenvalue weighted by molar-refractivity contribution is 0.0636. The van der Waals surface area contributed by atoms with Gasteiger partial charge in [-0.1, -0.05) is 19.9 Å². The highest BCUT2D eigenvalue weighted by atomic mass is 16.6. The quantitative estimate of drug-likeness (QED) is 0.786. The van der Waals surface area contributed by atoms with Crippen LogP contribution in [0.5, 0.6) is 0 Å². The Kier molecular flexibility index (Phi) is 4.22. The highest BCUT2D eigenvalue weighted by Gasteiger charge is 2.16. The number of hydrogen-bond acceptors (Lipinski definition) is 3. The van der Waals surface area contributed by atoms with E-state index < -0.39 is 11.7 Å². The molecule has 100 valence electrons. The van der Waals surface area contributed by atoms with Crippen LogP contribution < -0.4 is 11.1 Å². The summed E-state index contributed by atoms with van der Waals surface area (Å²) in [6.45, 7) is 9.62. The smallest absolute Gasteiger partial charge is 0.412 e. The lowest BCUT2D eigenvalue weighted by atomic mass is 10.0. The van der Waals surface area contributed by atoms with Crippen LogP contribution in [0.2, 0.25) is 0 Å². The average Bonchev–Trinajstić information content (AvgIpc) is 2.13. The minimum Gasteiger partial charge on any atom is -0.444 e. The first kappa shape index (κ1) is 14.4. The van der Waals surface area contributed by atoms with Gasteiger partial charge in [-0.3, -0.25) is 5.32 Å². The van der Waals surface area contributed by atoms with Gasteiger partial charge in [-0.05, 0) is 44.4 Å². The predicted octanol–water partition coefficient (Wildman–Crippen LogP) is 3.74. The molecule has 1 rings (SSSR count).